The largest absolute Gasteiger partial charge is 0.390 e. The van der Waals surface area contributed by atoms with Crippen molar-refractivity contribution in [3.05, 3.63) is 0 Å². The van der Waals surface area contributed by atoms with Gasteiger partial charge >= 0.3 is 0 Å². The molecule has 3 rings (SSSR count). The molecule has 3 fully saturated rings. The lowest BCUT2D eigenvalue weighted by Gasteiger charge is -2.50. The molecule has 3 aliphatic rings. The zero-order valence-electron chi connectivity index (χ0n) is 19.3. The van der Waals surface area contributed by atoms with Crippen LogP contribution in [-0.4, -0.2) is 72.9 Å². The average molecular weight is 424 g/mol. The lowest BCUT2D eigenvalue weighted by Crippen LogP contribution is -2.52. The molecule has 0 spiro atoms. The van der Waals surface area contributed by atoms with Gasteiger partial charge in [0.05, 0.1) is 18.8 Å². The number of fused-ring (bicyclic) bond motifs is 1. The highest BCUT2D eigenvalue weighted by molar-refractivity contribution is 5.76. The van der Waals surface area contributed by atoms with Crippen LogP contribution >= 0.6 is 0 Å². The topological polar surface area (TPSA) is 90.9 Å². The fourth-order valence-corrected chi connectivity index (χ4v) is 6.29. The number of carbonyl (C=O) groups is 2. The van der Waals surface area contributed by atoms with Crippen molar-refractivity contribution in [2.75, 3.05) is 39.4 Å². The third-order valence-corrected chi connectivity index (χ3v) is 7.88. The molecule has 7 nitrogen and oxygen atoms in total. The summed E-state index contributed by atoms with van der Waals surface area (Å²) in [5, 5.41) is 17.1. The second-order valence-electron chi connectivity index (χ2n) is 10.7. The van der Waals surface area contributed by atoms with Crippen LogP contribution in [0.15, 0.2) is 0 Å². The molecule has 4 atom stereocenters. The van der Waals surface area contributed by atoms with Crippen LogP contribution in [0.5, 0.6) is 0 Å². The number of nitrogens with zero attached hydrogens (tertiary/aromatic N) is 1. The Balaban J connectivity index is 1.62. The van der Waals surface area contributed by atoms with E-state index in [2.05, 4.69) is 29.4 Å². The molecular weight excluding hydrogens is 382 g/mol. The van der Waals surface area contributed by atoms with Crippen molar-refractivity contribution in [3.8, 4) is 0 Å². The lowest BCUT2D eigenvalue weighted by atomic mass is 9.57. The smallest absolute Gasteiger partial charge is 0.220 e. The van der Waals surface area contributed by atoms with Gasteiger partial charge in [0.1, 0.15) is 0 Å². The van der Waals surface area contributed by atoms with Crippen LogP contribution < -0.4 is 10.6 Å². The molecular formula is C23H41N3O4. The van der Waals surface area contributed by atoms with Crippen LogP contribution in [0.2, 0.25) is 0 Å². The van der Waals surface area contributed by atoms with E-state index in [0.29, 0.717) is 19.4 Å². The molecule has 0 bridgehead atoms. The number of rotatable bonds is 7. The van der Waals surface area contributed by atoms with E-state index in [9.17, 15) is 14.7 Å². The first-order chi connectivity index (χ1) is 14.0. The number of aliphatic hydroxyl groups is 1. The van der Waals surface area contributed by atoms with Crippen molar-refractivity contribution in [1.29, 1.82) is 0 Å². The summed E-state index contributed by atoms with van der Waals surface area (Å²) < 4.78 is 5.36. The van der Waals surface area contributed by atoms with E-state index in [1.807, 2.05) is 6.92 Å². The van der Waals surface area contributed by atoms with Crippen LogP contribution in [0, 0.1) is 16.7 Å². The Morgan fingerprint density at radius 2 is 1.83 bits per heavy atom. The van der Waals surface area contributed by atoms with Gasteiger partial charge in [0.15, 0.2) is 0 Å². The molecule has 30 heavy (non-hydrogen) atoms. The van der Waals surface area contributed by atoms with E-state index in [0.717, 1.165) is 58.5 Å². The maximum absolute atomic E-state index is 12.6. The first kappa shape index (κ1) is 23.5. The average Bonchev–Trinajstić information content (AvgIpc) is 2.86. The van der Waals surface area contributed by atoms with Crippen molar-refractivity contribution >= 4 is 11.8 Å². The normalized spacial score (nSPS) is 36.2. The van der Waals surface area contributed by atoms with E-state index >= 15 is 0 Å². The van der Waals surface area contributed by atoms with E-state index in [1.165, 1.54) is 0 Å². The molecule has 4 unspecified atom stereocenters. The molecule has 7 heteroatoms. The fourth-order valence-electron chi connectivity index (χ4n) is 6.29. The van der Waals surface area contributed by atoms with Gasteiger partial charge in [-0.3, -0.25) is 14.5 Å². The Kier molecular flexibility index (Phi) is 7.15. The summed E-state index contributed by atoms with van der Waals surface area (Å²) in [7, 11) is 0. The van der Waals surface area contributed by atoms with E-state index < -0.39 is 5.60 Å². The highest BCUT2D eigenvalue weighted by Gasteiger charge is 2.61. The van der Waals surface area contributed by atoms with Gasteiger partial charge in [-0.25, -0.2) is 0 Å². The third kappa shape index (κ3) is 5.35. The highest BCUT2D eigenvalue weighted by Crippen LogP contribution is 2.63. The summed E-state index contributed by atoms with van der Waals surface area (Å²) in [5.74, 6) is 0.356. The van der Waals surface area contributed by atoms with Crippen molar-refractivity contribution in [3.63, 3.8) is 0 Å². The maximum atomic E-state index is 12.6. The standard InChI is InChI=1S/C23H41N3O4/c1-17(27)25-19-16-21(2,3)18-15-22(4,29)7-8-23(18,19)6-5-20(28)24-9-10-26-11-13-30-14-12-26/h18-19,29H,5-16H2,1-4H3,(H,24,28)(H,25,27). The Morgan fingerprint density at radius 1 is 1.13 bits per heavy atom. The molecule has 1 aliphatic heterocycles. The minimum absolute atomic E-state index is 0.0110. The molecule has 1 saturated heterocycles. The number of amides is 2. The van der Waals surface area contributed by atoms with E-state index in [1.54, 1.807) is 6.92 Å². The van der Waals surface area contributed by atoms with Crippen LogP contribution in [0.1, 0.15) is 66.2 Å². The minimum atomic E-state index is -0.670. The Labute approximate surface area is 181 Å². The van der Waals surface area contributed by atoms with Crippen molar-refractivity contribution in [2.45, 2.75) is 77.9 Å². The van der Waals surface area contributed by atoms with Crippen molar-refractivity contribution < 1.29 is 19.4 Å². The molecule has 0 aromatic rings. The molecule has 2 aliphatic carbocycles. The number of ether oxygens (including phenoxy) is 1. The third-order valence-electron chi connectivity index (χ3n) is 7.88. The van der Waals surface area contributed by atoms with Gasteiger partial charge in [0.25, 0.3) is 0 Å². The van der Waals surface area contributed by atoms with E-state index in [-0.39, 0.29) is 34.6 Å². The first-order valence-corrected chi connectivity index (χ1v) is 11.6. The van der Waals surface area contributed by atoms with Gasteiger partial charge in [-0.1, -0.05) is 13.8 Å². The molecule has 172 valence electrons. The number of hydrogen-bond donors (Lipinski definition) is 3. The number of morpholine rings is 1. The maximum Gasteiger partial charge on any atom is 0.220 e. The van der Waals surface area contributed by atoms with Crippen LogP contribution in [0.25, 0.3) is 0 Å². The number of carbonyl (C=O) groups excluding carboxylic acids is 2. The van der Waals surface area contributed by atoms with Crippen LogP contribution in [0.4, 0.5) is 0 Å². The SMILES string of the molecule is CC(=O)NC1CC(C)(C)C2CC(C)(O)CCC12CCC(=O)NCCN1CCOCC1. The fraction of sp³-hybridized carbons (Fsp3) is 0.913. The number of hydrogen-bond acceptors (Lipinski definition) is 5. The quantitative estimate of drug-likeness (QED) is 0.580. The van der Waals surface area contributed by atoms with Gasteiger partial charge in [-0.2, -0.15) is 0 Å². The molecule has 2 saturated carbocycles. The number of nitrogens with one attached hydrogen (secondary N) is 2. The van der Waals surface area contributed by atoms with Gasteiger partial charge in [-0.05, 0) is 55.8 Å². The Morgan fingerprint density at radius 3 is 2.50 bits per heavy atom. The predicted octanol–water partition coefficient (Wildman–Crippen LogP) is 1.69. The summed E-state index contributed by atoms with van der Waals surface area (Å²) in [6.45, 7) is 12.9. The second-order valence-corrected chi connectivity index (χ2v) is 10.7. The summed E-state index contributed by atoms with van der Waals surface area (Å²) >= 11 is 0. The Bertz CT molecular complexity index is 630. The molecule has 0 aromatic heterocycles. The molecule has 3 N–H and O–H groups in total. The second kappa shape index (κ2) is 9.13. The zero-order valence-corrected chi connectivity index (χ0v) is 19.3. The van der Waals surface area contributed by atoms with Gasteiger partial charge in [0.2, 0.25) is 11.8 Å². The van der Waals surface area contributed by atoms with Crippen LogP contribution in [-0.2, 0) is 14.3 Å². The van der Waals surface area contributed by atoms with Crippen molar-refractivity contribution in [2.24, 2.45) is 16.7 Å². The summed E-state index contributed by atoms with van der Waals surface area (Å²) in [4.78, 5) is 26.9. The highest BCUT2D eigenvalue weighted by atomic mass is 16.5. The molecule has 0 aromatic carbocycles. The van der Waals surface area contributed by atoms with Gasteiger partial charge in [0, 0.05) is 45.6 Å². The van der Waals surface area contributed by atoms with E-state index in [4.69, 9.17) is 4.74 Å². The first-order valence-electron chi connectivity index (χ1n) is 11.6. The minimum Gasteiger partial charge on any atom is -0.390 e. The molecule has 2 amide bonds. The zero-order chi connectivity index (χ0) is 22.0. The molecule has 0 radical (unpaired) electrons. The molecule has 1 heterocycles. The van der Waals surface area contributed by atoms with Gasteiger partial charge in [-0.15, -0.1) is 0 Å². The summed E-state index contributed by atoms with van der Waals surface area (Å²) in [6, 6.07) is 0.0623. The van der Waals surface area contributed by atoms with Crippen LogP contribution in [0.3, 0.4) is 0 Å². The predicted molar refractivity (Wildman–Crippen MR) is 116 cm³/mol. The summed E-state index contributed by atoms with van der Waals surface area (Å²) in [5.41, 5.74) is -0.778. The summed E-state index contributed by atoms with van der Waals surface area (Å²) in [6.07, 6.45) is 4.41. The monoisotopic (exact) mass is 423 g/mol. The van der Waals surface area contributed by atoms with Gasteiger partial charge < -0.3 is 20.5 Å². The lowest BCUT2D eigenvalue weighted by molar-refractivity contribution is -0.124. The van der Waals surface area contributed by atoms with Crippen molar-refractivity contribution in [1.82, 2.24) is 15.5 Å². The Hall–Kier alpha value is -1.18.